The van der Waals surface area contributed by atoms with Gasteiger partial charge in [0, 0.05) is 18.8 Å². The Morgan fingerprint density at radius 2 is 2.16 bits per heavy atom. The predicted octanol–water partition coefficient (Wildman–Crippen LogP) is 0.191. The van der Waals surface area contributed by atoms with Gasteiger partial charge in [0.2, 0.25) is 0 Å². The number of rotatable bonds is 3. The first kappa shape index (κ1) is 12.4. The van der Waals surface area contributed by atoms with Crippen molar-refractivity contribution >= 4 is 11.7 Å². The molecule has 1 aromatic heterocycles. The summed E-state index contributed by atoms with van der Waals surface area (Å²) in [6.07, 6.45) is 3.93. The average Bonchev–Trinajstić information content (AvgIpc) is 2.48. The zero-order valence-electron chi connectivity index (χ0n) is 10.8. The number of carbonyl (C=O) groups is 1. The zero-order chi connectivity index (χ0) is 13.2. The standard InChI is InChI=1S/C13H19N5O/c14-17-12-2-1-10(7-15-12)13(19)16-11-8-18-5-3-9(11)4-6-18/h1-2,7,9,11H,3-6,8,14H2,(H,15,17)(H,16,19). The number of aromatic nitrogens is 1. The predicted molar refractivity (Wildman–Crippen MR) is 72.5 cm³/mol. The zero-order valence-corrected chi connectivity index (χ0v) is 10.8. The molecule has 102 valence electrons. The fourth-order valence-corrected chi connectivity index (χ4v) is 2.99. The van der Waals surface area contributed by atoms with Gasteiger partial charge in [-0.2, -0.15) is 0 Å². The van der Waals surface area contributed by atoms with E-state index in [0.717, 1.165) is 6.54 Å². The first-order chi connectivity index (χ1) is 9.26. The van der Waals surface area contributed by atoms with Gasteiger partial charge >= 0.3 is 0 Å². The number of pyridine rings is 1. The number of fused-ring (bicyclic) bond motifs is 3. The monoisotopic (exact) mass is 261 g/mol. The summed E-state index contributed by atoms with van der Waals surface area (Å²) in [6, 6.07) is 3.71. The number of carbonyl (C=O) groups excluding carboxylic acids is 1. The molecule has 4 N–H and O–H groups in total. The molecule has 3 aliphatic rings. The lowest BCUT2D eigenvalue weighted by molar-refractivity contribution is 0.0620. The average molecular weight is 261 g/mol. The quantitative estimate of drug-likeness (QED) is 0.534. The molecular weight excluding hydrogens is 242 g/mol. The molecule has 3 aliphatic heterocycles. The lowest BCUT2D eigenvalue weighted by atomic mass is 9.84. The lowest BCUT2D eigenvalue weighted by Crippen LogP contribution is -2.57. The maximum atomic E-state index is 12.2. The van der Waals surface area contributed by atoms with Gasteiger partial charge < -0.3 is 15.6 Å². The number of nitrogens with one attached hydrogen (secondary N) is 2. The molecule has 1 atom stereocenters. The number of piperidine rings is 3. The number of hydrogen-bond acceptors (Lipinski definition) is 5. The van der Waals surface area contributed by atoms with Crippen molar-refractivity contribution < 1.29 is 4.79 Å². The summed E-state index contributed by atoms with van der Waals surface area (Å²) < 4.78 is 0. The molecule has 0 saturated carbocycles. The number of nitrogens with zero attached hydrogens (tertiary/aromatic N) is 2. The SMILES string of the molecule is NNc1ccc(C(=O)NC2CN3CCC2CC3)cn1. The van der Waals surface area contributed by atoms with Crippen LogP contribution in [0, 0.1) is 5.92 Å². The van der Waals surface area contributed by atoms with Crippen molar-refractivity contribution in [2.45, 2.75) is 18.9 Å². The van der Waals surface area contributed by atoms with Crippen molar-refractivity contribution in [2.24, 2.45) is 11.8 Å². The van der Waals surface area contributed by atoms with Gasteiger partial charge in [-0.1, -0.05) is 0 Å². The molecule has 1 amide bonds. The molecule has 0 aliphatic carbocycles. The fraction of sp³-hybridized carbons (Fsp3) is 0.538. The minimum Gasteiger partial charge on any atom is -0.348 e. The Kier molecular flexibility index (Phi) is 3.35. The van der Waals surface area contributed by atoms with E-state index in [1.54, 1.807) is 18.3 Å². The Morgan fingerprint density at radius 1 is 1.37 bits per heavy atom. The van der Waals surface area contributed by atoms with E-state index in [1.165, 1.54) is 25.9 Å². The molecule has 4 rings (SSSR count). The number of anilines is 1. The normalized spacial score (nSPS) is 29.0. The molecule has 0 aromatic carbocycles. The van der Waals surface area contributed by atoms with Crippen molar-refractivity contribution in [3.8, 4) is 0 Å². The van der Waals surface area contributed by atoms with E-state index in [2.05, 4.69) is 20.6 Å². The number of hydrazine groups is 1. The highest BCUT2D eigenvalue weighted by Crippen LogP contribution is 2.27. The number of hydrogen-bond donors (Lipinski definition) is 3. The van der Waals surface area contributed by atoms with Gasteiger partial charge in [0.15, 0.2) is 0 Å². The molecule has 1 aromatic rings. The Labute approximate surface area is 112 Å². The molecular formula is C13H19N5O. The maximum absolute atomic E-state index is 12.2. The highest BCUT2D eigenvalue weighted by Gasteiger charge is 2.34. The molecule has 0 radical (unpaired) electrons. The van der Waals surface area contributed by atoms with E-state index in [1.807, 2.05) is 0 Å². The van der Waals surface area contributed by atoms with E-state index in [9.17, 15) is 4.79 Å². The molecule has 2 bridgehead atoms. The topological polar surface area (TPSA) is 83.3 Å². The minimum absolute atomic E-state index is 0.0465. The van der Waals surface area contributed by atoms with Crippen LogP contribution in [0.1, 0.15) is 23.2 Å². The van der Waals surface area contributed by atoms with E-state index in [-0.39, 0.29) is 11.9 Å². The van der Waals surface area contributed by atoms with Crippen LogP contribution >= 0.6 is 0 Å². The lowest BCUT2D eigenvalue weighted by Gasteiger charge is -2.44. The number of nitrogens with two attached hydrogens (primary N) is 1. The summed E-state index contributed by atoms with van der Waals surface area (Å²) in [7, 11) is 0. The van der Waals surface area contributed by atoms with Crippen LogP contribution in [-0.4, -0.2) is 41.5 Å². The van der Waals surface area contributed by atoms with Crippen molar-refractivity contribution in [1.82, 2.24) is 15.2 Å². The van der Waals surface area contributed by atoms with E-state index >= 15 is 0 Å². The third kappa shape index (κ3) is 2.54. The van der Waals surface area contributed by atoms with E-state index in [0.29, 0.717) is 17.3 Å². The van der Waals surface area contributed by atoms with Crippen LogP contribution in [0.15, 0.2) is 18.3 Å². The van der Waals surface area contributed by atoms with Crippen molar-refractivity contribution in [3.05, 3.63) is 23.9 Å². The van der Waals surface area contributed by atoms with E-state index in [4.69, 9.17) is 5.84 Å². The third-order valence-corrected chi connectivity index (χ3v) is 4.15. The summed E-state index contributed by atoms with van der Waals surface area (Å²) >= 11 is 0. The Bertz CT molecular complexity index is 453. The molecule has 19 heavy (non-hydrogen) atoms. The third-order valence-electron chi connectivity index (χ3n) is 4.15. The smallest absolute Gasteiger partial charge is 0.253 e. The molecule has 4 heterocycles. The second kappa shape index (κ2) is 5.14. The van der Waals surface area contributed by atoms with Crippen LogP contribution in [-0.2, 0) is 0 Å². The van der Waals surface area contributed by atoms with Gasteiger partial charge in [0.25, 0.3) is 5.91 Å². The molecule has 3 saturated heterocycles. The number of amides is 1. The van der Waals surface area contributed by atoms with Crippen LogP contribution < -0.4 is 16.6 Å². The Balaban J connectivity index is 1.64. The minimum atomic E-state index is -0.0465. The summed E-state index contributed by atoms with van der Waals surface area (Å²) in [6.45, 7) is 3.33. The van der Waals surface area contributed by atoms with Crippen LogP contribution in [0.3, 0.4) is 0 Å². The fourth-order valence-electron chi connectivity index (χ4n) is 2.99. The first-order valence-electron chi connectivity index (χ1n) is 6.72. The Morgan fingerprint density at radius 3 is 2.68 bits per heavy atom. The highest BCUT2D eigenvalue weighted by atomic mass is 16.1. The van der Waals surface area contributed by atoms with Crippen LogP contribution in [0.25, 0.3) is 0 Å². The summed E-state index contributed by atoms with van der Waals surface area (Å²) in [5.41, 5.74) is 3.03. The molecule has 1 unspecified atom stereocenters. The van der Waals surface area contributed by atoms with Crippen LogP contribution in [0.2, 0.25) is 0 Å². The van der Waals surface area contributed by atoms with Crippen molar-refractivity contribution in [2.75, 3.05) is 25.1 Å². The molecule has 0 spiro atoms. The van der Waals surface area contributed by atoms with Crippen molar-refractivity contribution in [1.29, 1.82) is 0 Å². The van der Waals surface area contributed by atoms with E-state index < -0.39 is 0 Å². The first-order valence-corrected chi connectivity index (χ1v) is 6.72. The summed E-state index contributed by atoms with van der Waals surface area (Å²) in [5, 5.41) is 3.13. The van der Waals surface area contributed by atoms with Gasteiger partial charge in [-0.05, 0) is 44.0 Å². The molecule has 6 nitrogen and oxygen atoms in total. The second-order valence-electron chi connectivity index (χ2n) is 5.29. The Hall–Kier alpha value is -1.66. The summed E-state index contributed by atoms with van der Waals surface area (Å²) in [4.78, 5) is 18.6. The van der Waals surface area contributed by atoms with Gasteiger partial charge in [0.1, 0.15) is 5.82 Å². The maximum Gasteiger partial charge on any atom is 0.253 e. The van der Waals surface area contributed by atoms with Gasteiger partial charge in [-0.25, -0.2) is 10.8 Å². The van der Waals surface area contributed by atoms with Crippen LogP contribution in [0.5, 0.6) is 0 Å². The highest BCUT2D eigenvalue weighted by molar-refractivity contribution is 5.94. The number of nitrogen functional groups attached to an aromatic ring is 1. The summed E-state index contributed by atoms with van der Waals surface area (Å²) in [5.74, 6) is 6.39. The molecule has 3 fully saturated rings. The van der Waals surface area contributed by atoms with Gasteiger partial charge in [0.05, 0.1) is 5.56 Å². The molecule has 6 heteroatoms. The van der Waals surface area contributed by atoms with Gasteiger partial charge in [-0.15, -0.1) is 0 Å². The van der Waals surface area contributed by atoms with Gasteiger partial charge in [-0.3, -0.25) is 4.79 Å². The largest absolute Gasteiger partial charge is 0.348 e. The van der Waals surface area contributed by atoms with Crippen molar-refractivity contribution in [3.63, 3.8) is 0 Å². The second-order valence-corrected chi connectivity index (χ2v) is 5.29. The van der Waals surface area contributed by atoms with Crippen LogP contribution in [0.4, 0.5) is 5.82 Å².